The quantitative estimate of drug-likeness (QED) is 0.535. The Balaban J connectivity index is 2.47. The van der Waals surface area contributed by atoms with E-state index in [0.29, 0.717) is 0 Å². The lowest BCUT2D eigenvalue weighted by molar-refractivity contribution is -0.125. The number of amides is 2. The summed E-state index contributed by atoms with van der Waals surface area (Å²) >= 11 is 0. The van der Waals surface area contributed by atoms with E-state index in [1.807, 2.05) is 0 Å². The normalized spacial score (nSPS) is 12.1. The Kier molecular flexibility index (Phi) is 3.40. The van der Waals surface area contributed by atoms with Crippen LogP contribution in [0.15, 0.2) is 12.3 Å². The number of nitrogens with two attached hydrogens (primary N) is 1. The Labute approximate surface area is 85.9 Å². The molecule has 15 heavy (non-hydrogen) atoms. The van der Waals surface area contributed by atoms with Gasteiger partial charge in [-0.25, -0.2) is 0 Å². The average Bonchev–Trinajstić information content (AvgIpc) is 2.60. The third-order valence-corrected chi connectivity index (χ3v) is 1.73. The Morgan fingerprint density at radius 3 is 2.87 bits per heavy atom. The molecule has 1 atom stereocenters. The molecular weight excluding hydrogens is 200 g/mol. The number of nitrogens with zero attached hydrogens (tertiary/aromatic N) is 2. The highest BCUT2D eigenvalue weighted by Crippen LogP contribution is 1.93. The molecule has 2 amide bonds. The van der Waals surface area contributed by atoms with Crippen molar-refractivity contribution in [3.8, 4) is 0 Å². The minimum absolute atomic E-state index is 0.217. The second-order valence-corrected chi connectivity index (χ2v) is 3.00. The van der Waals surface area contributed by atoms with Gasteiger partial charge in [0.1, 0.15) is 11.8 Å². The predicted molar refractivity (Wildman–Crippen MR) is 50.7 cm³/mol. The number of hydrogen-bond donors (Lipinski definition) is 3. The molecule has 1 heterocycles. The van der Waals surface area contributed by atoms with Gasteiger partial charge >= 0.3 is 0 Å². The summed E-state index contributed by atoms with van der Waals surface area (Å²) in [4.78, 5) is 21.8. The highest BCUT2D eigenvalue weighted by Gasteiger charge is 2.14. The SMILES string of the molecule is Cn1ccc(C(=O)NCC(O)C(N)=O)n1. The fraction of sp³-hybridized carbons (Fsp3) is 0.375. The number of aromatic nitrogens is 2. The summed E-state index contributed by atoms with van der Waals surface area (Å²) in [6, 6.07) is 1.52. The molecule has 0 spiro atoms. The van der Waals surface area contributed by atoms with Crippen LogP contribution < -0.4 is 11.1 Å². The summed E-state index contributed by atoms with van der Waals surface area (Å²) in [5.74, 6) is -1.34. The van der Waals surface area contributed by atoms with E-state index in [4.69, 9.17) is 10.8 Å². The van der Waals surface area contributed by atoms with E-state index >= 15 is 0 Å². The minimum Gasteiger partial charge on any atom is -0.381 e. The predicted octanol–water partition coefficient (Wildman–Crippen LogP) is -2.00. The molecule has 0 fully saturated rings. The molecule has 0 saturated carbocycles. The number of primary amides is 1. The van der Waals surface area contributed by atoms with E-state index in [-0.39, 0.29) is 12.2 Å². The van der Waals surface area contributed by atoms with E-state index < -0.39 is 17.9 Å². The number of hydrogen-bond acceptors (Lipinski definition) is 4. The molecule has 1 rings (SSSR count). The molecule has 0 saturated heterocycles. The van der Waals surface area contributed by atoms with Crippen molar-refractivity contribution in [3.05, 3.63) is 18.0 Å². The molecule has 0 bridgehead atoms. The van der Waals surface area contributed by atoms with Crippen molar-refractivity contribution in [1.29, 1.82) is 0 Å². The van der Waals surface area contributed by atoms with Crippen LogP contribution in [0.25, 0.3) is 0 Å². The van der Waals surface area contributed by atoms with Gasteiger partial charge in [-0.15, -0.1) is 0 Å². The summed E-state index contributed by atoms with van der Waals surface area (Å²) in [6.45, 7) is -0.218. The number of aliphatic hydroxyl groups is 1. The number of nitrogens with one attached hydrogen (secondary N) is 1. The first-order valence-corrected chi connectivity index (χ1v) is 4.26. The molecule has 0 aliphatic heterocycles. The summed E-state index contributed by atoms with van der Waals surface area (Å²) in [5, 5.41) is 15.2. The van der Waals surface area contributed by atoms with Gasteiger partial charge in [0.15, 0.2) is 0 Å². The van der Waals surface area contributed by atoms with Gasteiger partial charge in [0, 0.05) is 13.2 Å². The molecule has 7 nitrogen and oxygen atoms in total. The zero-order chi connectivity index (χ0) is 11.4. The fourth-order valence-corrected chi connectivity index (χ4v) is 0.917. The van der Waals surface area contributed by atoms with Crippen LogP contribution in [-0.4, -0.2) is 39.4 Å². The third kappa shape index (κ3) is 3.06. The van der Waals surface area contributed by atoms with Crippen LogP contribution in [0.5, 0.6) is 0 Å². The molecule has 4 N–H and O–H groups in total. The van der Waals surface area contributed by atoms with E-state index in [1.54, 1.807) is 13.2 Å². The molecular formula is C8H12N4O3. The Morgan fingerprint density at radius 1 is 1.73 bits per heavy atom. The molecule has 0 aliphatic carbocycles. The zero-order valence-electron chi connectivity index (χ0n) is 8.17. The lowest BCUT2D eigenvalue weighted by atomic mass is 10.3. The monoisotopic (exact) mass is 212 g/mol. The zero-order valence-corrected chi connectivity index (χ0v) is 8.17. The number of carbonyl (C=O) groups excluding carboxylic acids is 2. The summed E-state index contributed by atoms with van der Waals surface area (Å²) < 4.78 is 1.47. The molecule has 1 unspecified atom stereocenters. The van der Waals surface area contributed by atoms with Gasteiger partial charge in [-0.2, -0.15) is 5.10 Å². The second kappa shape index (κ2) is 4.56. The van der Waals surface area contributed by atoms with Gasteiger partial charge in [-0.1, -0.05) is 0 Å². The maximum absolute atomic E-state index is 11.3. The van der Waals surface area contributed by atoms with Crippen LogP contribution in [-0.2, 0) is 11.8 Å². The van der Waals surface area contributed by atoms with Crippen molar-refractivity contribution < 1.29 is 14.7 Å². The Bertz CT molecular complexity index is 374. The van der Waals surface area contributed by atoms with Crippen LogP contribution in [0.3, 0.4) is 0 Å². The molecule has 0 aliphatic rings. The van der Waals surface area contributed by atoms with Crippen LogP contribution >= 0.6 is 0 Å². The fourth-order valence-electron chi connectivity index (χ4n) is 0.917. The first-order chi connectivity index (χ1) is 7.00. The van der Waals surface area contributed by atoms with Crippen molar-refractivity contribution in [2.24, 2.45) is 12.8 Å². The average molecular weight is 212 g/mol. The van der Waals surface area contributed by atoms with Crippen molar-refractivity contribution in [3.63, 3.8) is 0 Å². The number of carbonyl (C=O) groups is 2. The third-order valence-electron chi connectivity index (χ3n) is 1.73. The molecule has 0 aromatic carbocycles. The van der Waals surface area contributed by atoms with Crippen molar-refractivity contribution >= 4 is 11.8 Å². The van der Waals surface area contributed by atoms with Crippen LogP contribution in [0.1, 0.15) is 10.5 Å². The van der Waals surface area contributed by atoms with Gasteiger partial charge in [0.2, 0.25) is 5.91 Å². The summed E-state index contributed by atoms with van der Waals surface area (Å²) in [5.41, 5.74) is 5.02. The van der Waals surface area contributed by atoms with Crippen molar-refractivity contribution in [1.82, 2.24) is 15.1 Å². The second-order valence-electron chi connectivity index (χ2n) is 3.00. The van der Waals surface area contributed by atoms with Crippen molar-refractivity contribution in [2.75, 3.05) is 6.54 Å². The first kappa shape index (κ1) is 11.2. The molecule has 7 heteroatoms. The first-order valence-electron chi connectivity index (χ1n) is 4.26. The highest BCUT2D eigenvalue weighted by atomic mass is 16.3. The number of rotatable bonds is 4. The number of aliphatic hydroxyl groups excluding tert-OH is 1. The number of aryl methyl sites for hydroxylation is 1. The maximum atomic E-state index is 11.3. The largest absolute Gasteiger partial charge is 0.381 e. The lowest BCUT2D eigenvalue weighted by Crippen LogP contribution is -2.40. The summed E-state index contributed by atoms with van der Waals surface area (Å²) in [6.07, 6.45) is 0.233. The van der Waals surface area contributed by atoms with Crippen LogP contribution in [0.4, 0.5) is 0 Å². The van der Waals surface area contributed by atoms with Crippen molar-refractivity contribution in [2.45, 2.75) is 6.10 Å². The van der Waals surface area contributed by atoms with Gasteiger partial charge in [0.25, 0.3) is 5.91 Å². The molecule has 82 valence electrons. The van der Waals surface area contributed by atoms with Gasteiger partial charge in [0.05, 0.1) is 6.54 Å². The topological polar surface area (TPSA) is 110 Å². The smallest absolute Gasteiger partial charge is 0.271 e. The standard InChI is InChI=1S/C8H12N4O3/c1-12-3-2-5(11-12)8(15)10-4-6(13)7(9)14/h2-3,6,13H,4H2,1H3,(H2,9,14)(H,10,15). The van der Waals surface area contributed by atoms with Gasteiger partial charge in [-0.05, 0) is 6.07 Å². The highest BCUT2D eigenvalue weighted by molar-refractivity contribution is 5.92. The molecule has 1 aromatic heterocycles. The molecule has 1 aromatic rings. The Hall–Kier alpha value is -1.89. The van der Waals surface area contributed by atoms with E-state index in [0.717, 1.165) is 0 Å². The Morgan fingerprint density at radius 2 is 2.40 bits per heavy atom. The maximum Gasteiger partial charge on any atom is 0.271 e. The van der Waals surface area contributed by atoms with Gasteiger partial charge in [-0.3, -0.25) is 14.3 Å². The van der Waals surface area contributed by atoms with E-state index in [1.165, 1.54) is 10.7 Å². The molecule has 0 radical (unpaired) electrons. The van der Waals surface area contributed by atoms with Crippen LogP contribution in [0, 0.1) is 0 Å². The van der Waals surface area contributed by atoms with Crippen LogP contribution in [0.2, 0.25) is 0 Å². The lowest BCUT2D eigenvalue weighted by Gasteiger charge is -2.06. The van der Waals surface area contributed by atoms with E-state index in [9.17, 15) is 9.59 Å². The van der Waals surface area contributed by atoms with Gasteiger partial charge < -0.3 is 16.2 Å². The minimum atomic E-state index is -1.38. The van der Waals surface area contributed by atoms with E-state index in [2.05, 4.69) is 10.4 Å². The summed E-state index contributed by atoms with van der Waals surface area (Å²) in [7, 11) is 1.68.